The van der Waals surface area contributed by atoms with Crippen LogP contribution in [-0.2, 0) is 4.74 Å². The van der Waals surface area contributed by atoms with E-state index in [0.717, 1.165) is 11.1 Å². The van der Waals surface area contributed by atoms with Crippen LogP contribution in [0.2, 0.25) is 5.02 Å². The zero-order chi connectivity index (χ0) is 14.9. The molecule has 0 aliphatic heterocycles. The second-order valence-electron chi connectivity index (χ2n) is 4.35. The van der Waals surface area contributed by atoms with Crippen molar-refractivity contribution in [2.24, 2.45) is 0 Å². The van der Waals surface area contributed by atoms with Crippen LogP contribution in [0.25, 0.3) is 11.4 Å². The fourth-order valence-electron chi connectivity index (χ4n) is 1.86. The fraction of sp³-hybridized carbons (Fsp3) is 0.214. The molecule has 1 aromatic carbocycles. The Bertz CT molecular complexity index is 740. The number of methoxy groups -OCH3 is 1. The largest absolute Gasteiger partial charge is 0.465 e. The number of H-pyrrole nitrogens is 1. The normalized spacial score (nSPS) is 10.4. The van der Waals surface area contributed by atoms with Crippen LogP contribution in [0.15, 0.2) is 18.2 Å². The van der Waals surface area contributed by atoms with Gasteiger partial charge < -0.3 is 9.72 Å². The first kappa shape index (κ1) is 14.7. The van der Waals surface area contributed by atoms with Crippen molar-refractivity contribution in [3.8, 4) is 11.4 Å². The lowest BCUT2D eigenvalue weighted by Gasteiger charge is -2.08. The number of benzene rings is 1. The smallest absolute Gasteiger partial charge is 0.342 e. The van der Waals surface area contributed by atoms with Crippen LogP contribution in [0.4, 0.5) is 0 Å². The maximum atomic E-state index is 11.6. The van der Waals surface area contributed by atoms with Crippen molar-refractivity contribution in [3.05, 3.63) is 44.7 Å². The molecule has 0 saturated heterocycles. The third-order valence-corrected chi connectivity index (χ3v) is 3.65. The molecule has 20 heavy (non-hydrogen) atoms. The highest BCUT2D eigenvalue weighted by molar-refractivity contribution is 7.71. The first-order valence-corrected chi connectivity index (χ1v) is 6.68. The summed E-state index contributed by atoms with van der Waals surface area (Å²) in [5.74, 6) is 0.106. The number of aromatic amines is 1. The van der Waals surface area contributed by atoms with Gasteiger partial charge >= 0.3 is 5.97 Å². The lowest BCUT2D eigenvalue weighted by molar-refractivity contribution is 0.0598. The summed E-state index contributed by atoms with van der Waals surface area (Å²) in [6.45, 7) is 3.67. The van der Waals surface area contributed by atoms with Gasteiger partial charge in [0.15, 0.2) is 0 Å². The van der Waals surface area contributed by atoms with Crippen LogP contribution < -0.4 is 0 Å². The SMILES string of the molecule is COC(=O)c1c(C)[nH]c(-c2ccc(Cl)c(C)c2)nc1=S. The molecule has 104 valence electrons. The zero-order valence-electron chi connectivity index (χ0n) is 11.3. The summed E-state index contributed by atoms with van der Waals surface area (Å²) in [7, 11) is 1.31. The molecule has 0 bridgehead atoms. The molecule has 0 aliphatic carbocycles. The lowest BCUT2D eigenvalue weighted by Crippen LogP contribution is -2.08. The number of carbonyl (C=O) groups excluding carboxylic acids is 1. The number of aromatic nitrogens is 2. The van der Waals surface area contributed by atoms with E-state index in [-0.39, 0.29) is 10.2 Å². The highest BCUT2D eigenvalue weighted by Gasteiger charge is 2.15. The average Bonchev–Trinajstić information content (AvgIpc) is 2.40. The number of halogens is 1. The molecule has 0 saturated carbocycles. The van der Waals surface area contributed by atoms with Crippen molar-refractivity contribution >= 4 is 29.8 Å². The maximum Gasteiger partial charge on any atom is 0.342 e. The molecule has 4 nitrogen and oxygen atoms in total. The summed E-state index contributed by atoms with van der Waals surface area (Å²) in [6, 6.07) is 5.56. The minimum Gasteiger partial charge on any atom is -0.465 e. The molecule has 0 radical (unpaired) electrons. The number of ether oxygens (including phenoxy) is 1. The summed E-state index contributed by atoms with van der Waals surface area (Å²) in [4.78, 5) is 19.0. The number of hydrogen-bond donors (Lipinski definition) is 1. The Morgan fingerprint density at radius 2 is 2.10 bits per heavy atom. The Labute approximate surface area is 126 Å². The quantitative estimate of drug-likeness (QED) is 0.676. The molecule has 0 atom stereocenters. The fourth-order valence-corrected chi connectivity index (χ4v) is 2.30. The van der Waals surface area contributed by atoms with E-state index < -0.39 is 5.97 Å². The molecule has 0 amide bonds. The zero-order valence-corrected chi connectivity index (χ0v) is 12.9. The number of nitrogens with zero attached hydrogens (tertiary/aromatic N) is 1. The first-order chi connectivity index (χ1) is 9.43. The Kier molecular flexibility index (Phi) is 4.20. The summed E-state index contributed by atoms with van der Waals surface area (Å²) in [5.41, 5.74) is 2.72. The third-order valence-electron chi connectivity index (χ3n) is 2.93. The van der Waals surface area contributed by atoms with Gasteiger partial charge in [-0.2, -0.15) is 0 Å². The van der Waals surface area contributed by atoms with Crippen LogP contribution in [0.3, 0.4) is 0 Å². The topological polar surface area (TPSA) is 55.0 Å². The highest BCUT2D eigenvalue weighted by atomic mass is 35.5. The van der Waals surface area contributed by atoms with E-state index in [0.29, 0.717) is 16.5 Å². The van der Waals surface area contributed by atoms with Gasteiger partial charge in [0.2, 0.25) is 0 Å². The minimum absolute atomic E-state index is 0.218. The van der Waals surface area contributed by atoms with Crippen molar-refractivity contribution in [1.82, 2.24) is 9.97 Å². The summed E-state index contributed by atoms with van der Waals surface area (Å²) >= 11 is 11.2. The number of esters is 1. The molecule has 1 aromatic heterocycles. The Morgan fingerprint density at radius 1 is 1.40 bits per heavy atom. The van der Waals surface area contributed by atoms with Gasteiger partial charge in [-0.15, -0.1) is 0 Å². The van der Waals surface area contributed by atoms with E-state index >= 15 is 0 Å². The molecule has 0 aliphatic rings. The summed E-state index contributed by atoms with van der Waals surface area (Å²) < 4.78 is 4.91. The van der Waals surface area contributed by atoms with Crippen molar-refractivity contribution < 1.29 is 9.53 Å². The summed E-state index contributed by atoms with van der Waals surface area (Å²) in [6.07, 6.45) is 0. The van der Waals surface area contributed by atoms with E-state index in [1.807, 2.05) is 19.1 Å². The number of rotatable bonds is 2. The van der Waals surface area contributed by atoms with Crippen LogP contribution in [0.1, 0.15) is 21.6 Å². The van der Waals surface area contributed by atoms with Gasteiger partial charge in [-0.1, -0.05) is 23.8 Å². The molecule has 6 heteroatoms. The van der Waals surface area contributed by atoms with Crippen molar-refractivity contribution in [1.29, 1.82) is 0 Å². The minimum atomic E-state index is -0.491. The Balaban J connectivity index is 2.57. The van der Waals surface area contributed by atoms with Gasteiger partial charge in [0, 0.05) is 16.3 Å². The summed E-state index contributed by atoms with van der Waals surface area (Å²) in [5, 5.41) is 0.690. The molecule has 0 fully saturated rings. The van der Waals surface area contributed by atoms with Crippen LogP contribution in [0.5, 0.6) is 0 Å². The number of carbonyl (C=O) groups is 1. The standard InChI is InChI=1S/C14H13ClN2O2S/c1-7-6-9(4-5-10(7)15)12-16-8(2)11(13(20)17-12)14(18)19-3/h4-6H,1-3H3,(H,16,17,20). The number of aryl methyl sites for hydroxylation is 2. The predicted octanol–water partition coefficient (Wildman–Crippen LogP) is 3.86. The maximum absolute atomic E-state index is 11.6. The molecule has 2 rings (SSSR count). The average molecular weight is 309 g/mol. The molecule has 2 aromatic rings. The number of hydrogen-bond acceptors (Lipinski definition) is 4. The molecule has 1 heterocycles. The van der Waals surface area contributed by atoms with Crippen LogP contribution in [0, 0.1) is 18.5 Å². The van der Waals surface area contributed by atoms with E-state index in [1.165, 1.54) is 7.11 Å². The van der Waals surface area contributed by atoms with E-state index in [2.05, 4.69) is 9.97 Å². The van der Waals surface area contributed by atoms with E-state index in [4.69, 9.17) is 28.6 Å². The van der Waals surface area contributed by atoms with E-state index in [9.17, 15) is 4.79 Å². The Morgan fingerprint density at radius 3 is 2.65 bits per heavy atom. The van der Waals surface area contributed by atoms with Crippen LogP contribution >= 0.6 is 23.8 Å². The van der Waals surface area contributed by atoms with E-state index in [1.54, 1.807) is 13.0 Å². The second-order valence-corrected chi connectivity index (χ2v) is 5.14. The van der Waals surface area contributed by atoms with Gasteiger partial charge in [0.25, 0.3) is 0 Å². The second kappa shape index (κ2) is 5.73. The molecule has 0 unspecified atom stereocenters. The van der Waals surface area contributed by atoms with Crippen molar-refractivity contribution in [2.45, 2.75) is 13.8 Å². The lowest BCUT2D eigenvalue weighted by atomic mass is 10.1. The highest BCUT2D eigenvalue weighted by Crippen LogP contribution is 2.23. The van der Waals surface area contributed by atoms with Gasteiger partial charge in [-0.3, -0.25) is 0 Å². The monoisotopic (exact) mass is 308 g/mol. The van der Waals surface area contributed by atoms with Crippen molar-refractivity contribution in [2.75, 3.05) is 7.11 Å². The Hall–Kier alpha value is -1.72. The molecular weight excluding hydrogens is 296 g/mol. The van der Waals surface area contributed by atoms with Gasteiger partial charge in [0.05, 0.1) is 7.11 Å². The molecule has 1 N–H and O–H groups in total. The van der Waals surface area contributed by atoms with Gasteiger partial charge in [0.1, 0.15) is 16.0 Å². The van der Waals surface area contributed by atoms with Crippen molar-refractivity contribution in [3.63, 3.8) is 0 Å². The number of nitrogens with one attached hydrogen (secondary N) is 1. The van der Waals surface area contributed by atoms with Gasteiger partial charge in [-0.25, -0.2) is 9.78 Å². The predicted molar refractivity (Wildman–Crippen MR) is 80.7 cm³/mol. The molecular formula is C14H13ClN2O2S. The van der Waals surface area contributed by atoms with Crippen LogP contribution in [-0.4, -0.2) is 23.0 Å². The third kappa shape index (κ3) is 2.73. The first-order valence-electron chi connectivity index (χ1n) is 5.89. The molecule has 0 spiro atoms. The van der Waals surface area contributed by atoms with Gasteiger partial charge in [-0.05, 0) is 37.6 Å².